The molecule has 3 rings (SSSR count). The van der Waals surface area contributed by atoms with Gasteiger partial charge in [0.15, 0.2) is 0 Å². The lowest BCUT2D eigenvalue weighted by molar-refractivity contribution is -0.384. The fraction of sp³-hybridized carbons (Fsp3) is 0.133. The first kappa shape index (κ1) is 13.9. The van der Waals surface area contributed by atoms with Crippen LogP contribution >= 0.6 is 0 Å². The van der Waals surface area contributed by atoms with Crippen molar-refractivity contribution in [2.24, 2.45) is 7.05 Å². The molecule has 0 bridgehead atoms. The predicted molar refractivity (Wildman–Crippen MR) is 80.6 cm³/mol. The summed E-state index contributed by atoms with van der Waals surface area (Å²) in [7, 11) is 3.26. The van der Waals surface area contributed by atoms with Gasteiger partial charge in [0.05, 0.1) is 23.1 Å². The minimum absolute atomic E-state index is 0.0841. The molecule has 0 radical (unpaired) electrons. The zero-order chi connectivity index (χ0) is 16.0. The Morgan fingerprint density at radius 3 is 2.64 bits per heavy atom. The van der Waals surface area contributed by atoms with E-state index in [2.05, 4.69) is 0 Å². The highest BCUT2D eigenvalue weighted by molar-refractivity contribution is 6.18. The fourth-order valence-electron chi connectivity index (χ4n) is 2.77. The number of nitro groups is 1. The first-order valence-electron chi connectivity index (χ1n) is 6.42. The molecule has 0 atom stereocenters. The van der Waals surface area contributed by atoms with Crippen LogP contribution in [0.15, 0.2) is 30.3 Å². The molecule has 0 aliphatic rings. The zero-order valence-electron chi connectivity index (χ0n) is 11.9. The smallest absolute Gasteiger partial charge is 0.336 e. The summed E-state index contributed by atoms with van der Waals surface area (Å²) in [4.78, 5) is 22.0. The Bertz CT molecular complexity index is 942. The number of carboxylic acid groups (broad SMARTS) is 1. The van der Waals surface area contributed by atoms with Crippen LogP contribution in [-0.2, 0) is 7.05 Å². The monoisotopic (exact) mass is 300 g/mol. The van der Waals surface area contributed by atoms with Crippen LogP contribution in [0.2, 0.25) is 0 Å². The summed E-state index contributed by atoms with van der Waals surface area (Å²) in [6.45, 7) is 0. The lowest BCUT2D eigenvalue weighted by Gasteiger charge is -2.06. The van der Waals surface area contributed by atoms with E-state index in [9.17, 15) is 20.0 Å². The van der Waals surface area contributed by atoms with Crippen molar-refractivity contribution in [1.82, 2.24) is 4.57 Å². The molecule has 0 aliphatic heterocycles. The highest BCUT2D eigenvalue weighted by Gasteiger charge is 2.21. The first-order chi connectivity index (χ1) is 10.5. The lowest BCUT2D eigenvalue weighted by Crippen LogP contribution is -1.99. The number of carbonyl (C=O) groups is 1. The number of non-ortho nitro benzene ring substituents is 1. The van der Waals surface area contributed by atoms with Crippen LogP contribution in [0.25, 0.3) is 21.8 Å². The molecule has 2 aromatic carbocycles. The Labute approximate surface area is 124 Å². The van der Waals surface area contributed by atoms with Crippen LogP contribution in [-0.4, -0.2) is 27.7 Å². The second-order valence-corrected chi connectivity index (χ2v) is 4.86. The van der Waals surface area contributed by atoms with Crippen molar-refractivity contribution < 1.29 is 19.6 Å². The van der Waals surface area contributed by atoms with Crippen LogP contribution in [0.3, 0.4) is 0 Å². The molecule has 22 heavy (non-hydrogen) atoms. The van der Waals surface area contributed by atoms with E-state index in [0.29, 0.717) is 27.6 Å². The van der Waals surface area contributed by atoms with Crippen LogP contribution in [0.4, 0.5) is 5.69 Å². The van der Waals surface area contributed by atoms with Gasteiger partial charge < -0.3 is 14.4 Å². The molecule has 7 nitrogen and oxygen atoms in total. The van der Waals surface area contributed by atoms with Crippen LogP contribution in [0, 0.1) is 10.1 Å². The summed E-state index contributed by atoms with van der Waals surface area (Å²) in [6, 6.07) is 7.43. The lowest BCUT2D eigenvalue weighted by atomic mass is 10.1. The molecule has 0 amide bonds. The summed E-state index contributed by atoms with van der Waals surface area (Å²) < 4.78 is 7.08. The number of hydrogen-bond acceptors (Lipinski definition) is 4. The molecule has 112 valence electrons. The number of carboxylic acids is 1. The van der Waals surface area contributed by atoms with Crippen molar-refractivity contribution in [3.05, 3.63) is 46.0 Å². The standard InChI is InChI=1S/C15H12N2O5/c1-16-11-5-3-8(17(20)21)7-10(11)13-9(15(18)19)4-6-12(22-2)14(13)16/h3-7H,1-2H3,(H,18,19). The topological polar surface area (TPSA) is 94.6 Å². The van der Waals surface area contributed by atoms with Gasteiger partial charge in [-0.3, -0.25) is 10.1 Å². The van der Waals surface area contributed by atoms with Gasteiger partial charge in [0.2, 0.25) is 0 Å². The molecule has 7 heteroatoms. The number of rotatable bonds is 3. The van der Waals surface area contributed by atoms with Gasteiger partial charge in [0, 0.05) is 35.5 Å². The number of aryl methyl sites for hydroxylation is 1. The van der Waals surface area contributed by atoms with Crippen molar-refractivity contribution >= 4 is 33.5 Å². The maximum Gasteiger partial charge on any atom is 0.336 e. The summed E-state index contributed by atoms with van der Waals surface area (Å²) in [5.41, 5.74) is 1.30. The molecule has 0 saturated carbocycles. The summed E-state index contributed by atoms with van der Waals surface area (Å²) >= 11 is 0. The van der Waals surface area contributed by atoms with Crippen LogP contribution in [0.5, 0.6) is 5.75 Å². The third-order valence-corrected chi connectivity index (χ3v) is 3.75. The summed E-state index contributed by atoms with van der Waals surface area (Å²) in [5, 5.41) is 21.4. The zero-order valence-corrected chi connectivity index (χ0v) is 11.9. The normalized spacial score (nSPS) is 11.0. The van der Waals surface area contributed by atoms with Gasteiger partial charge in [-0.25, -0.2) is 4.79 Å². The van der Waals surface area contributed by atoms with Gasteiger partial charge in [-0.15, -0.1) is 0 Å². The number of benzene rings is 2. The van der Waals surface area contributed by atoms with Gasteiger partial charge in [-0.05, 0) is 18.2 Å². The third-order valence-electron chi connectivity index (χ3n) is 3.75. The highest BCUT2D eigenvalue weighted by atomic mass is 16.6. The molecular formula is C15H12N2O5. The highest BCUT2D eigenvalue weighted by Crippen LogP contribution is 2.37. The average molecular weight is 300 g/mol. The molecular weight excluding hydrogens is 288 g/mol. The summed E-state index contributed by atoms with van der Waals surface area (Å²) in [5.74, 6) is -0.576. The minimum Gasteiger partial charge on any atom is -0.495 e. The molecule has 0 fully saturated rings. The number of aromatic carboxylic acids is 1. The van der Waals surface area contributed by atoms with Crippen molar-refractivity contribution in [2.45, 2.75) is 0 Å². The second-order valence-electron chi connectivity index (χ2n) is 4.86. The number of aromatic nitrogens is 1. The predicted octanol–water partition coefficient (Wildman–Crippen LogP) is 2.95. The van der Waals surface area contributed by atoms with Gasteiger partial charge in [-0.2, -0.15) is 0 Å². The first-order valence-corrected chi connectivity index (χ1v) is 6.42. The van der Waals surface area contributed by atoms with Crippen molar-refractivity contribution in [2.75, 3.05) is 7.11 Å². The molecule has 0 saturated heterocycles. The summed E-state index contributed by atoms with van der Waals surface area (Å²) in [6.07, 6.45) is 0. The number of hydrogen-bond donors (Lipinski definition) is 1. The largest absolute Gasteiger partial charge is 0.495 e. The SMILES string of the molecule is COc1ccc(C(=O)O)c2c3cc([N+](=O)[O-])ccc3n(C)c12. The van der Waals surface area contributed by atoms with Gasteiger partial charge >= 0.3 is 5.97 Å². The number of methoxy groups -OCH3 is 1. The number of fused-ring (bicyclic) bond motifs is 3. The van der Waals surface area contributed by atoms with E-state index < -0.39 is 10.9 Å². The van der Waals surface area contributed by atoms with Gasteiger partial charge in [0.1, 0.15) is 5.75 Å². The Morgan fingerprint density at radius 2 is 2.05 bits per heavy atom. The Hall–Kier alpha value is -3.09. The fourth-order valence-corrected chi connectivity index (χ4v) is 2.77. The number of nitro benzene ring substituents is 1. The van der Waals surface area contributed by atoms with E-state index in [4.69, 9.17) is 4.74 Å². The second kappa shape index (κ2) is 4.73. The molecule has 3 aromatic rings. The Balaban J connectivity index is 2.58. The maximum absolute atomic E-state index is 11.5. The Morgan fingerprint density at radius 1 is 1.32 bits per heavy atom. The van der Waals surface area contributed by atoms with E-state index in [1.165, 1.54) is 25.3 Å². The van der Waals surface area contributed by atoms with Crippen molar-refractivity contribution in [1.29, 1.82) is 0 Å². The van der Waals surface area contributed by atoms with Crippen LogP contribution in [0.1, 0.15) is 10.4 Å². The van der Waals surface area contributed by atoms with Gasteiger partial charge in [0.25, 0.3) is 5.69 Å². The molecule has 0 spiro atoms. The van der Waals surface area contributed by atoms with Crippen LogP contribution < -0.4 is 4.74 Å². The molecule has 0 unspecified atom stereocenters. The quantitative estimate of drug-likeness (QED) is 0.592. The van der Waals surface area contributed by atoms with E-state index in [0.717, 1.165) is 0 Å². The van der Waals surface area contributed by atoms with E-state index in [1.54, 1.807) is 23.7 Å². The van der Waals surface area contributed by atoms with E-state index in [1.807, 2.05) is 0 Å². The molecule has 0 aliphatic carbocycles. The van der Waals surface area contributed by atoms with Crippen molar-refractivity contribution in [3.8, 4) is 5.75 Å². The van der Waals surface area contributed by atoms with Gasteiger partial charge in [-0.1, -0.05) is 0 Å². The maximum atomic E-state index is 11.5. The molecule has 1 N–H and O–H groups in total. The van der Waals surface area contributed by atoms with Crippen molar-refractivity contribution in [3.63, 3.8) is 0 Å². The average Bonchev–Trinajstić information content (AvgIpc) is 2.79. The minimum atomic E-state index is -1.09. The number of ether oxygens (including phenoxy) is 1. The molecule has 1 heterocycles. The third kappa shape index (κ3) is 1.79. The molecule has 1 aromatic heterocycles. The number of nitrogens with zero attached hydrogens (tertiary/aromatic N) is 2. The van der Waals surface area contributed by atoms with E-state index in [-0.39, 0.29) is 11.3 Å². The Kier molecular flexibility index (Phi) is 2.98. The van der Waals surface area contributed by atoms with E-state index >= 15 is 0 Å².